The molecule has 0 aliphatic heterocycles. The van der Waals surface area contributed by atoms with E-state index in [1.807, 2.05) is 7.05 Å². The zero-order valence-electron chi connectivity index (χ0n) is 7.97. The Balaban J connectivity index is 2.78. The Kier molecular flexibility index (Phi) is 4.45. The summed E-state index contributed by atoms with van der Waals surface area (Å²) in [6, 6.07) is 8.49. The number of likely N-dealkylation sites (N-methyl/N-ethyl adjacent to an activating group) is 1. The summed E-state index contributed by atoms with van der Waals surface area (Å²) >= 11 is 2.33. The maximum atomic E-state index is 3.13. The molecule has 0 aromatic heterocycles. The smallest absolute Gasteiger partial charge is 0.0162 e. The summed E-state index contributed by atoms with van der Waals surface area (Å²) in [7, 11) is 1.96. The van der Waals surface area contributed by atoms with E-state index >= 15 is 0 Å². The molecule has 0 aliphatic carbocycles. The van der Waals surface area contributed by atoms with Gasteiger partial charge in [-0.3, -0.25) is 0 Å². The maximum absolute atomic E-state index is 3.13. The van der Waals surface area contributed by atoms with Crippen molar-refractivity contribution in [3.8, 4) is 0 Å². The molecule has 1 rings (SSSR count). The monoisotopic (exact) mass is 287 g/mol. The Morgan fingerprint density at radius 1 is 1.54 bits per heavy atom. The standard InChI is InChI=1S/C11H14IN/c1-9(8-13-2)6-10-4-3-5-11(12)7-10/h3-7,13H,8H2,1-2H3/b9-6+. The Morgan fingerprint density at radius 2 is 2.31 bits per heavy atom. The second-order valence-corrected chi connectivity index (χ2v) is 4.32. The van der Waals surface area contributed by atoms with E-state index in [0.29, 0.717) is 0 Å². The second-order valence-electron chi connectivity index (χ2n) is 3.08. The minimum Gasteiger partial charge on any atom is -0.316 e. The zero-order valence-corrected chi connectivity index (χ0v) is 10.1. The summed E-state index contributed by atoms with van der Waals surface area (Å²) in [5.74, 6) is 0. The van der Waals surface area contributed by atoms with Gasteiger partial charge in [0, 0.05) is 10.1 Å². The molecule has 13 heavy (non-hydrogen) atoms. The SMILES string of the molecule is CNC/C(C)=C/c1cccc(I)c1. The summed E-state index contributed by atoms with van der Waals surface area (Å²) in [5, 5.41) is 3.13. The van der Waals surface area contributed by atoms with E-state index in [1.54, 1.807) is 0 Å². The fourth-order valence-electron chi connectivity index (χ4n) is 1.21. The van der Waals surface area contributed by atoms with Crippen LogP contribution < -0.4 is 5.32 Å². The second kappa shape index (κ2) is 5.40. The van der Waals surface area contributed by atoms with Crippen LogP contribution >= 0.6 is 22.6 Å². The van der Waals surface area contributed by atoms with Crippen LogP contribution in [0.5, 0.6) is 0 Å². The van der Waals surface area contributed by atoms with Crippen molar-refractivity contribution in [2.45, 2.75) is 6.92 Å². The molecule has 0 saturated carbocycles. The van der Waals surface area contributed by atoms with Gasteiger partial charge in [0.1, 0.15) is 0 Å². The van der Waals surface area contributed by atoms with Crippen molar-refractivity contribution >= 4 is 28.7 Å². The summed E-state index contributed by atoms with van der Waals surface area (Å²) in [4.78, 5) is 0. The first-order valence-corrected chi connectivity index (χ1v) is 5.37. The predicted octanol–water partition coefficient (Wildman–Crippen LogP) is 2.91. The molecule has 0 unspecified atom stereocenters. The molecule has 1 aromatic rings. The molecule has 0 bridgehead atoms. The molecule has 1 nitrogen and oxygen atoms in total. The number of benzene rings is 1. The quantitative estimate of drug-likeness (QED) is 0.843. The van der Waals surface area contributed by atoms with E-state index in [9.17, 15) is 0 Å². The first kappa shape index (κ1) is 10.7. The first-order chi connectivity index (χ1) is 6.22. The first-order valence-electron chi connectivity index (χ1n) is 4.29. The summed E-state index contributed by atoms with van der Waals surface area (Å²) < 4.78 is 1.28. The molecule has 2 heteroatoms. The number of hydrogen-bond donors (Lipinski definition) is 1. The Bertz CT molecular complexity index is 305. The van der Waals surface area contributed by atoms with Crippen LogP contribution in [0.25, 0.3) is 6.08 Å². The molecule has 1 aromatic carbocycles. The molecule has 0 aliphatic rings. The maximum Gasteiger partial charge on any atom is 0.0162 e. The third kappa shape index (κ3) is 3.91. The molecule has 0 saturated heterocycles. The van der Waals surface area contributed by atoms with Crippen molar-refractivity contribution in [1.82, 2.24) is 5.32 Å². The van der Waals surface area contributed by atoms with Crippen LogP contribution in [0.15, 0.2) is 29.8 Å². The third-order valence-corrected chi connectivity index (χ3v) is 2.39. The Hall–Kier alpha value is -0.350. The summed E-state index contributed by atoms with van der Waals surface area (Å²) in [5.41, 5.74) is 2.63. The lowest BCUT2D eigenvalue weighted by atomic mass is 10.1. The van der Waals surface area contributed by atoms with Crippen LogP contribution in [0.1, 0.15) is 12.5 Å². The third-order valence-electron chi connectivity index (χ3n) is 1.72. The fraction of sp³-hybridized carbons (Fsp3) is 0.273. The lowest BCUT2D eigenvalue weighted by molar-refractivity contribution is 0.884. The summed E-state index contributed by atoms with van der Waals surface area (Å²) in [6.07, 6.45) is 2.21. The molecule has 70 valence electrons. The van der Waals surface area contributed by atoms with Gasteiger partial charge in [0.15, 0.2) is 0 Å². The normalized spacial score (nSPS) is 11.8. The molecule has 1 N–H and O–H groups in total. The van der Waals surface area contributed by atoms with Gasteiger partial charge in [0.05, 0.1) is 0 Å². The lowest BCUT2D eigenvalue weighted by Gasteiger charge is -2.00. The van der Waals surface area contributed by atoms with Gasteiger partial charge in [0.2, 0.25) is 0 Å². The van der Waals surface area contributed by atoms with Crippen LogP contribution in [0.4, 0.5) is 0 Å². The molecule has 0 spiro atoms. The van der Waals surface area contributed by atoms with Gasteiger partial charge in [0.25, 0.3) is 0 Å². The fourth-order valence-corrected chi connectivity index (χ4v) is 1.78. The van der Waals surface area contributed by atoms with E-state index in [1.165, 1.54) is 14.7 Å². The number of rotatable bonds is 3. The summed E-state index contributed by atoms with van der Waals surface area (Å²) in [6.45, 7) is 3.09. The van der Waals surface area contributed by atoms with Crippen molar-refractivity contribution in [3.05, 3.63) is 39.0 Å². The highest BCUT2D eigenvalue weighted by Gasteiger charge is 1.91. The van der Waals surface area contributed by atoms with E-state index < -0.39 is 0 Å². The topological polar surface area (TPSA) is 12.0 Å². The number of hydrogen-bond acceptors (Lipinski definition) is 1. The zero-order chi connectivity index (χ0) is 9.68. The van der Waals surface area contributed by atoms with Crippen LogP contribution in [0, 0.1) is 3.57 Å². The molecule has 0 heterocycles. The largest absolute Gasteiger partial charge is 0.316 e. The minimum atomic E-state index is 0.950. The van der Waals surface area contributed by atoms with Gasteiger partial charge >= 0.3 is 0 Å². The average molecular weight is 287 g/mol. The lowest BCUT2D eigenvalue weighted by Crippen LogP contribution is -2.08. The highest BCUT2D eigenvalue weighted by molar-refractivity contribution is 14.1. The van der Waals surface area contributed by atoms with Gasteiger partial charge < -0.3 is 5.32 Å². The van der Waals surface area contributed by atoms with Crippen LogP contribution in [-0.2, 0) is 0 Å². The van der Waals surface area contributed by atoms with Gasteiger partial charge in [-0.15, -0.1) is 0 Å². The Labute approximate surface area is 93.4 Å². The number of halogens is 1. The van der Waals surface area contributed by atoms with Gasteiger partial charge in [-0.2, -0.15) is 0 Å². The predicted molar refractivity (Wildman–Crippen MR) is 66.7 cm³/mol. The highest BCUT2D eigenvalue weighted by Crippen LogP contribution is 2.10. The van der Waals surface area contributed by atoms with Crippen LogP contribution in [0.2, 0.25) is 0 Å². The van der Waals surface area contributed by atoms with Gasteiger partial charge in [-0.25, -0.2) is 0 Å². The van der Waals surface area contributed by atoms with E-state index in [4.69, 9.17) is 0 Å². The van der Waals surface area contributed by atoms with Crippen LogP contribution in [-0.4, -0.2) is 13.6 Å². The molecule has 0 amide bonds. The molecular weight excluding hydrogens is 273 g/mol. The molecular formula is C11H14IN. The average Bonchev–Trinajstić information content (AvgIpc) is 2.04. The van der Waals surface area contributed by atoms with E-state index in [-0.39, 0.29) is 0 Å². The van der Waals surface area contributed by atoms with Crippen LogP contribution in [0.3, 0.4) is 0 Å². The van der Waals surface area contributed by atoms with Gasteiger partial charge in [-0.05, 0) is 54.3 Å². The van der Waals surface area contributed by atoms with Crippen molar-refractivity contribution in [1.29, 1.82) is 0 Å². The molecule has 0 fully saturated rings. The van der Waals surface area contributed by atoms with Crippen molar-refractivity contribution < 1.29 is 0 Å². The highest BCUT2D eigenvalue weighted by atomic mass is 127. The van der Waals surface area contributed by atoms with Crippen molar-refractivity contribution in [2.24, 2.45) is 0 Å². The van der Waals surface area contributed by atoms with Crippen molar-refractivity contribution in [2.75, 3.05) is 13.6 Å². The minimum absolute atomic E-state index is 0.950. The molecule has 0 radical (unpaired) electrons. The number of nitrogens with one attached hydrogen (secondary N) is 1. The van der Waals surface area contributed by atoms with Gasteiger partial charge in [-0.1, -0.05) is 23.8 Å². The van der Waals surface area contributed by atoms with E-state index in [2.05, 4.69) is 65.2 Å². The Morgan fingerprint density at radius 3 is 2.92 bits per heavy atom. The molecule has 0 atom stereocenters. The van der Waals surface area contributed by atoms with E-state index in [0.717, 1.165) is 6.54 Å². The van der Waals surface area contributed by atoms with Crippen molar-refractivity contribution in [3.63, 3.8) is 0 Å².